The smallest absolute Gasteiger partial charge is 0.161 e. The summed E-state index contributed by atoms with van der Waals surface area (Å²) in [6.45, 7) is 6.40. The summed E-state index contributed by atoms with van der Waals surface area (Å²) >= 11 is -1.07. The average molecular weight is 202 g/mol. The van der Waals surface area contributed by atoms with Gasteiger partial charge in [0.25, 0.3) is 0 Å². The van der Waals surface area contributed by atoms with E-state index in [1.807, 2.05) is 0 Å². The number of fused-ring (bicyclic) bond motifs is 1. The molecule has 2 fully saturated rings. The van der Waals surface area contributed by atoms with Gasteiger partial charge in [-0.25, -0.2) is 4.21 Å². The van der Waals surface area contributed by atoms with Crippen LogP contribution in [0, 0.1) is 11.8 Å². The highest BCUT2D eigenvalue weighted by molar-refractivity contribution is 7.81. The van der Waals surface area contributed by atoms with Crippen molar-refractivity contribution in [2.45, 2.75) is 50.9 Å². The highest BCUT2D eigenvalue weighted by Gasteiger charge is 2.50. The summed E-state index contributed by atoms with van der Waals surface area (Å²) in [7, 11) is 0. The highest BCUT2D eigenvalue weighted by atomic mass is 32.2. The van der Waals surface area contributed by atoms with Crippen LogP contribution in [0.1, 0.15) is 40.0 Å². The summed E-state index contributed by atoms with van der Waals surface area (Å²) in [6.07, 6.45) is 3.81. The third-order valence-corrected chi connectivity index (χ3v) is 5.17. The molecule has 4 atom stereocenters. The van der Waals surface area contributed by atoms with Crippen LogP contribution in [0.4, 0.5) is 0 Å². The van der Waals surface area contributed by atoms with Crippen molar-refractivity contribution in [3.05, 3.63) is 0 Å². The largest absolute Gasteiger partial charge is 0.286 e. The Balaban J connectivity index is 2.18. The molecule has 1 saturated carbocycles. The van der Waals surface area contributed by atoms with Crippen LogP contribution in [0.15, 0.2) is 0 Å². The SMILES string of the molecule is CC1CC[C@H]2[C@H](C1)OS(=O)C2(C)C. The Labute approximate surface area is 82.7 Å². The lowest BCUT2D eigenvalue weighted by molar-refractivity contribution is 0.103. The molecule has 76 valence electrons. The van der Waals surface area contributed by atoms with Crippen molar-refractivity contribution in [2.75, 3.05) is 0 Å². The first-order valence-corrected chi connectivity index (χ1v) is 6.18. The third kappa shape index (κ3) is 1.46. The van der Waals surface area contributed by atoms with Crippen LogP contribution in [0.5, 0.6) is 0 Å². The number of hydrogen-bond acceptors (Lipinski definition) is 2. The van der Waals surface area contributed by atoms with Crippen molar-refractivity contribution in [1.29, 1.82) is 0 Å². The summed E-state index contributed by atoms with van der Waals surface area (Å²) in [5.41, 5.74) is 0. The first kappa shape index (κ1) is 9.66. The molecule has 1 aliphatic carbocycles. The standard InChI is InChI=1S/C10H18O2S/c1-7-4-5-8-9(6-7)12-13(11)10(8,2)3/h7-9H,4-6H2,1-3H3/t7?,8-,9-,13?/m0/s1. The van der Waals surface area contributed by atoms with Gasteiger partial charge in [-0.2, -0.15) is 0 Å². The first-order valence-electron chi connectivity index (χ1n) is 5.11. The van der Waals surface area contributed by atoms with Gasteiger partial charge in [-0.15, -0.1) is 0 Å². The van der Waals surface area contributed by atoms with Crippen molar-refractivity contribution >= 4 is 11.1 Å². The third-order valence-electron chi connectivity index (χ3n) is 3.59. The van der Waals surface area contributed by atoms with E-state index in [0.717, 1.165) is 12.3 Å². The number of rotatable bonds is 0. The maximum atomic E-state index is 11.7. The molecule has 0 spiro atoms. The minimum Gasteiger partial charge on any atom is -0.286 e. The summed E-state index contributed by atoms with van der Waals surface area (Å²) in [4.78, 5) is 0. The lowest BCUT2D eigenvalue weighted by Gasteiger charge is -2.32. The van der Waals surface area contributed by atoms with Crippen molar-refractivity contribution in [1.82, 2.24) is 0 Å². The zero-order valence-electron chi connectivity index (χ0n) is 8.58. The van der Waals surface area contributed by atoms with Gasteiger partial charge >= 0.3 is 0 Å². The molecule has 2 nitrogen and oxygen atoms in total. The molecule has 2 unspecified atom stereocenters. The van der Waals surface area contributed by atoms with Crippen LogP contribution in [0.3, 0.4) is 0 Å². The van der Waals surface area contributed by atoms with Gasteiger partial charge < -0.3 is 0 Å². The van der Waals surface area contributed by atoms with E-state index in [0.29, 0.717) is 5.92 Å². The van der Waals surface area contributed by atoms with E-state index < -0.39 is 11.1 Å². The van der Waals surface area contributed by atoms with Gasteiger partial charge in [0.05, 0.1) is 10.9 Å². The predicted octanol–water partition coefficient (Wildman–Crippen LogP) is 2.26. The van der Waals surface area contributed by atoms with Crippen molar-refractivity contribution in [3.63, 3.8) is 0 Å². The van der Waals surface area contributed by atoms with Gasteiger partial charge in [0.15, 0.2) is 11.1 Å². The molecular formula is C10H18O2S. The maximum absolute atomic E-state index is 11.7. The molecule has 2 rings (SSSR count). The second-order valence-electron chi connectivity index (χ2n) is 5.00. The Hall–Kier alpha value is 0.110. The second kappa shape index (κ2) is 3.06. The molecule has 1 heterocycles. The Morgan fingerprint density at radius 2 is 2.08 bits per heavy atom. The molecule has 0 aromatic heterocycles. The summed E-state index contributed by atoms with van der Waals surface area (Å²) in [5, 5.41) is 0. The quantitative estimate of drug-likeness (QED) is 0.602. The van der Waals surface area contributed by atoms with Crippen molar-refractivity contribution in [2.24, 2.45) is 11.8 Å². The van der Waals surface area contributed by atoms with E-state index in [1.165, 1.54) is 12.8 Å². The van der Waals surface area contributed by atoms with Gasteiger partial charge in [-0.1, -0.05) is 13.3 Å². The molecule has 13 heavy (non-hydrogen) atoms. The van der Waals surface area contributed by atoms with Crippen LogP contribution < -0.4 is 0 Å². The molecular weight excluding hydrogens is 184 g/mol. The molecule has 2 aliphatic rings. The molecule has 0 amide bonds. The molecule has 0 N–H and O–H groups in total. The van der Waals surface area contributed by atoms with E-state index in [9.17, 15) is 4.21 Å². The molecule has 0 aromatic carbocycles. The van der Waals surface area contributed by atoms with Crippen molar-refractivity contribution < 1.29 is 8.39 Å². The van der Waals surface area contributed by atoms with Crippen LogP contribution in [-0.2, 0) is 15.3 Å². The first-order chi connectivity index (χ1) is 6.01. The second-order valence-corrected chi connectivity index (χ2v) is 6.71. The highest BCUT2D eigenvalue weighted by Crippen LogP contribution is 2.45. The summed E-state index contributed by atoms with van der Waals surface area (Å²) in [5.74, 6) is 1.26. The lowest BCUT2D eigenvalue weighted by Crippen LogP contribution is -2.36. The van der Waals surface area contributed by atoms with Crippen LogP contribution in [0.2, 0.25) is 0 Å². The van der Waals surface area contributed by atoms with Crippen LogP contribution >= 0.6 is 0 Å². The molecule has 3 heteroatoms. The fourth-order valence-corrected chi connectivity index (χ4v) is 3.79. The Bertz CT molecular complexity index is 237. The number of hydrogen-bond donors (Lipinski definition) is 0. The average Bonchev–Trinajstić information content (AvgIpc) is 2.23. The van der Waals surface area contributed by atoms with Crippen LogP contribution in [0.25, 0.3) is 0 Å². The Morgan fingerprint density at radius 3 is 2.77 bits per heavy atom. The van der Waals surface area contributed by atoms with E-state index in [-0.39, 0.29) is 10.9 Å². The molecule has 0 radical (unpaired) electrons. The van der Waals surface area contributed by atoms with Gasteiger partial charge in [-0.3, -0.25) is 4.18 Å². The minimum absolute atomic E-state index is 0.120. The molecule has 0 bridgehead atoms. The zero-order valence-corrected chi connectivity index (χ0v) is 9.39. The minimum atomic E-state index is -1.07. The van der Waals surface area contributed by atoms with Crippen molar-refractivity contribution in [3.8, 4) is 0 Å². The summed E-state index contributed by atoms with van der Waals surface area (Å²) in [6, 6.07) is 0. The Morgan fingerprint density at radius 1 is 1.38 bits per heavy atom. The molecule has 1 aliphatic heterocycles. The fourth-order valence-electron chi connectivity index (χ4n) is 2.59. The van der Waals surface area contributed by atoms with E-state index >= 15 is 0 Å². The normalized spacial score (nSPS) is 48.8. The topological polar surface area (TPSA) is 26.3 Å². The monoisotopic (exact) mass is 202 g/mol. The lowest BCUT2D eigenvalue weighted by atomic mass is 9.75. The summed E-state index contributed by atoms with van der Waals surface area (Å²) < 4.78 is 17.1. The van der Waals surface area contributed by atoms with Gasteiger partial charge in [0, 0.05) is 5.92 Å². The predicted molar refractivity (Wildman–Crippen MR) is 53.6 cm³/mol. The van der Waals surface area contributed by atoms with Crippen LogP contribution in [-0.4, -0.2) is 15.1 Å². The van der Waals surface area contributed by atoms with Gasteiger partial charge in [0.1, 0.15) is 0 Å². The Kier molecular flexibility index (Phi) is 2.27. The van der Waals surface area contributed by atoms with E-state index in [1.54, 1.807) is 0 Å². The maximum Gasteiger partial charge on any atom is 0.161 e. The van der Waals surface area contributed by atoms with Gasteiger partial charge in [0.2, 0.25) is 0 Å². The van der Waals surface area contributed by atoms with Gasteiger partial charge in [-0.05, 0) is 32.6 Å². The molecule has 0 aromatic rings. The van der Waals surface area contributed by atoms with E-state index in [4.69, 9.17) is 4.18 Å². The molecule has 1 saturated heterocycles. The van der Waals surface area contributed by atoms with E-state index in [2.05, 4.69) is 20.8 Å². The zero-order chi connectivity index (χ0) is 9.64. The fraction of sp³-hybridized carbons (Fsp3) is 1.00.